The molecular formula is C17H22N3O3S+. The number of rotatable bonds is 4. The van der Waals surface area contributed by atoms with E-state index in [4.69, 9.17) is 4.74 Å². The first-order valence-electron chi connectivity index (χ1n) is 7.98. The summed E-state index contributed by atoms with van der Waals surface area (Å²) in [5.41, 5.74) is 2.01. The third kappa shape index (κ3) is 3.80. The quantitative estimate of drug-likeness (QED) is 0.811. The van der Waals surface area contributed by atoms with Crippen molar-refractivity contribution < 1.29 is 19.2 Å². The molecule has 0 aliphatic carbocycles. The van der Waals surface area contributed by atoms with Crippen LogP contribution in [0, 0.1) is 0 Å². The number of hydrogen-bond donors (Lipinski definition) is 1. The van der Waals surface area contributed by atoms with Crippen LogP contribution < -0.4 is 9.80 Å². The van der Waals surface area contributed by atoms with Crippen molar-refractivity contribution in [2.24, 2.45) is 0 Å². The van der Waals surface area contributed by atoms with E-state index in [0.29, 0.717) is 24.8 Å². The predicted octanol–water partition coefficient (Wildman–Crippen LogP) is 0.662. The lowest BCUT2D eigenvalue weighted by atomic mass is 10.2. The van der Waals surface area contributed by atoms with Crippen molar-refractivity contribution in [3.8, 4) is 0 Å². The number of amides is 2. The number of quaternary nitrogens is 1. The van der Waals surface area contributed by atoms with Gasteiger partial charge in [-0.05, 0) is 35.5 Å². The van der Waals surface area contributed by atoms with Gasteiger partial charge in [0.2, 0.25) is 0 Å². The van der Waals surface area contributed by atoms with Crippen molar-refractivity contribution in [3.05, 3.63) is 34.7 Å². The molecule has 6 nitrogen and oxygen atoms in total. The highest BCUT2D eigenvalue weighted by atomic mass is 32.2. The largest absolute Gasteiger partial charge is 0.378 e. The van der Waals surface area contributed by atoms with E-state index in [-0.39, 0.29) is 11.1 Å². The van der Waals surface area contributed by atoms with Crippen LogP contribution >= 0.6 is 11.8 Å². The highest BCUT2D eigenvalue weighted by molar-refractivity contribution is 8.18. The maximum Gasteiger partial charge on any atom is 0.298 e. The Bertz CT molecular complexity index is 652. The zero-order chi connectivity index (χ0) is 17.1. The first-order valence-corrected chi connectivity index (χ1v) is 8.80. The van der Waals surface area contributed by atoms with Crippen LogP contribution in [-0.2, 0) is 9.53 Å². The molecule has 2 aliphatic rings. The molecule has 2 heterocycles. The minimum absolute atomic E-state index is 0.185. The third-order valence-electron chi connectivity index (χ3n) is 4.16. The normalized spacial score (nSPS) is 20.9. The van der Waals surface area contributed by atoms with Gasteiger partial charge in [0.05, 0.1) is 18.1 Å². The summed E-state index contributed by atoms with van der Waals surface area (Å²) in [6.07, 6.45) is 1.79. The molecule has 0 aromatic heterocycles. The van der Waals surface area contributed by atoms with Gasteiger partial charge in [0.15, 0.2) is 6.67 Å². The maximum atomic E-state index is 12.5. The summed E-state index contributed by atoms with van der Waals surface area (Å²) >= 11 is 1.02. The maximum absolute atomic E-state index is 12.5. The van der Waals surface area contributed by atoms with E-state index >= 15 is 0 Å². The minimum Gasteiger partial charge on any atom is -0.378 e. The monoisotopic (exact) mass is 348 g/mol. The minimum atomic E-state index is -0.194. The molecule has 0 atom stereocenters. The van der Waals surface area contributed by atoms with Gasteiger partial charge >= 0.3 is 0 Å². The Morgan fingerprint density at radius 3 is 2.50 bits per heavy atom. The Hall–Kier alpha value is -1.83. The molecule has 128 valence electrons. The Balaban J connectivity index is 1.70. The van der Waals surface area contributed by atoms with Crippen molar-refractivity contribution in [3.63, 3.8) is 0 Å². The van der Waals surface area contributed by atoms with Crippen LogP contribution in [0.25, 0.3) is 6.08 Å². The molecule has 3 rings (SSSR count). The molecule has 24 heavy (non-hydrogen) atoms. The highest BCUT2D eigenvalue weighted by Gasteiger charge is 2.37. The molecule has 2 aliphatic heterocycles. The first-order chi connectivity index (χ1) is 11.5. The third-order valence-corrected chi connectivity index (χ3v) is 5.07. The lowest BCUT2D eigenvalue weighted by Gasteiger charge is -2.26. The van der Waals surface area contributed by atoms with Crippen molar-refractivity contribution in [2.75, 3.05) is 52.0 Å². The molecule has 7 heteroatoms. The van der Waals surface area contributed by atoms with E-state index in [0.717, 1.165) is 36.1 Å². The molecule has 0 radical (unpaired) electrons. The number of thioether (sulfide) groups is 1. The second-order valence-electron chi connectivity index (χ2n) is 6.12. The number of anilines is 1. The van der Waals surface area contributed by atoms with Crippen molar-refractivity contribution in [1.29, 1.82) is 0 Å². The standard InChI is InChI=1S/C17H21N3O3S/c1-18(2)14-5-3-13(4-6-14)11-15-16(21)20(17(22)24-15)12-19-7-9-23-10-8-19/h3-6,11H,7-10,12H2,1-2H3/p+1/b15-11-. The van der Waals surface area contributed by atoms with Crippen LogP contribution in [0.4, 0.5) is 10.5 Å². The number of imide groups is 1. The molecular weight excluding hydrogens is 326 g/mol. The Morgan fingerprint density at radius 2 is 1.88 bits per heavy atom. The number of hydrogen-bond acceptors (Lipinski definition) is 5. The lowest BCUT2D eigenvalue weighted by Crippen LogP contribution is -3.15. The number of nitrogens with one attached hydrogen (secondary N) is 1. The van der Waals surface area contributed by atoms with Crippen LogP contribution in [0.15, 0.2) is 29.2 Å². The summed E-state index contributed by atoms with van der Waals surface area (Å²) in [6, 6.07) is 7.90. The van der Waals surface area contributed by atoms with Gasteiger partial charge in [0.1, 0.15) is 13.1 Å². The number of nitrogens with zero attached hydrogens (tertiary/aromatic N) is 2. The number of ether oxygens (including phenoxy) is 1. The van der Waals surface area contributed by atoms with Crippen LogP contribution in [0.5, 0.6) is 0 Å². The molecule has 1 aromatic carbocycles. The van der Waals surface area contributed by atoms with Gasteiger partial charge in [-0.2, -0.15) is 0 Å². The van der Waals surface area contributed by atoms with Crippen LogP contribution in [0.3, 0.4) is 0 Å². The second-order valence-corrected chi connectivity index (χ2v) is 7.11. The Kier molecular flexibility index (Phi) is 5.23. The number of carbonyl (C=O) groups is 2. The van der Waals surface area contributed by atoms with Gasteiger partial charge in [-0.25, -0.2) is 4.90 Å². The van der Waals surface area contributed by atoms with Gasteiger partial charge < -0.3 is 14.5 Å². The molecule has 2 amide bonds. The zero-order valence-corrected chi connectivity index (χ0v) is 14.8. The summed E-state index contributed by atoms with van der Waals surface area (Å²) in [7, 11) is 3.96. The molecule has 0 saturated carbocycles. The summed E-state index contributed by atoms with van der Waals surface area (Å²) in [5, 5.41) is -0.185. The van der Waals surface area contributed by atoms with Gasteiger partial charge in [0, 0.05) is 19.8 Å². The fourth-order valence-corrected chi connectivity index (χ4v) is 3.54. The summed E-state index contributed by atoms with van der Waals surface area (Å²) in [6.45, 7) is 3.43. The van der Waals surface area contributed by atoms with Gasteiger partial charge in [-0.3, -0.25) is 9.59 Å². The molecule has 0 bridgehead atoms. The Labute approximate surface area is 146 Å². The second kappa shape index (κ2) is 7.38. The zero-order valence-electron chi connectivity index (χ0n) is 13.9. The van der Waals surface area contributed by atoms with Crippen LogP contribution in [0.1, 0.15) is 5.56 Å². The molecule has 1 N–H and O–H groups in total. The van der Waals surface area contributed by atoms with E-state index in [1.165, 1.54) is 9.80 Å². The molecule has 0 unspecified atom stereocenters. The molecule has 0 spiro atoms. The van der Waals surface area contributed by atoms with E-state index in [9.17, 15) is 9.59 Å². The van der Waals surface area contributed by atoms with Crippen LogP contribution in [0.2, 0.25) is 0 Å². The predicted molar refractivity (Wildman–Crippen MR) is 95.0 cm³/mol. The summed E-state index contributed by atoms with van der Waals surface area (Å²) in [4.78, 5) is 29.8. The summed E-state index contributed by atoms with van der Waals surface area (Å²) in [5.74, 6) is -0.194. The summed E-state index contributed by atoms with van der Waals surface area (Å²) < 4.78 is 5.32. The first kappa shape index (κ1) is 17.0. The van der Waals surface area contributed by atoms with Gasteiger partial charge in [0.25, 0.3) is 11.1 Å². The topological polar surface area (TPSA) is 54.3 Å². The SMILES string of the molecule is CN(C)c1ccc(/C=C2\SC(=O)N(C[NH+]3CCOCC3)C2=O)cc1. The molecule has 2 saturated heterocycles. The lowest BCUT2D eigenvalue weighted by molar-refractivity contribution is -0.915. The number of carbonyl (C=O) groups excluding carboxylic acids is 2. The fourth-order valence-electron chi connectivity index (χ4n) is 2.70. The van der Waals surface area contributed by atoms with Crippen molar-refractivity contribution >= 4 is 34.7 Å². The average molecular weight is 348 g/mol. The van der Waals surface area contributed by atoms with Crippen LogP contribution in [-0.4, -0.2) is 63.1 Å². The van der Waals surface area contributed by atoms with Gasteiger partial charge in [-0.1, -0.05) is 12.1 Å². The number of morpholine rings is 1. The molecule has 2 fully saturated rings. The average Bonchev–Trinajstić information content (AvgIpc) is 2.84. The fraction of sp³-hybridized carbons (Fsp3) is 0.412. The Morgan fingerprint density at radius 1 is 1.21 bits per heavy atom. The van der Waals surface area contributed by atoms with E-state index in [1.807, 2.05) is 43.3 Å². The van der Waals surface area contributed by atoms with E-state index < -0.39 is 0 Å². The van der Waals surface area contributed by atoms with Crippen molar-refractivity contribution in [2.45, 2.75) is 0 Å². The molecule has 1 aromatic rings. The number of benzene rings is 1. The van der Waals surface area contributed by atoms with Gasteiger partial charge in [-0.15, -0.1) is 0 Å². The highest BCUT2D eigenvalue weighted by Crippen LogP contribution is 2.31. The smallest absolute Gasteiger partial charge is 0.298 e. The van der Waals surface area contributed by atoms with E-state index in [2.05, 4.69) is 0 Å². The van der Waals surface area contributed by atoms with Crippen molar-refractivity contribution in [1.82, 2.24) is 4.90 Å². The van der Waals surface area contributed by atoms with E-state index in [1.54, 1.807) is 6.08 Å².